The quantitative estimate of drug-likeness (QED) is 0.313. The van der Waals surface area contributed by atoms with Gasteiger partial charge in [-0.25, -0.2) is 9.67 Å². The molecule has 4 aromatic rings. The molecule has 0 spiro atoms. The summed E-state index contributed by atoms with van der Waals surface area (Å²) in [5, 5.41) is 10.8. The van der Waals surface area contributed by atoms with Crippen LogP contribution in [0.4, 0.5) is 0 Å². The first-order valence-corrected chi connectivity index (χ1v) is 12.9. The summed E-state index contributed by atoms with van der Waals surface area (Å²) in [6, 6.07) is 16.3. The molecule has 1 amide bonds. The van der Waals surface area contributed by atoms with Crippen LogP contribution < -0.4 is 5.32 Å². The number of hydrogen-bond acceptors (Lipinski definition) is 5. The van der Waals surface area contributed by atoms with E-state index in [4.69, 9.17) is 5.10 Å². The van der Waals surface area contributed by atoms with Crippen LogP contribution in [0.5, 0.6) is 0 Å². The van der Waals surface area contributed by atoms with Gasteiger partial charge in [0, 0.05) is 22.7 Å². The van der Waals surface area contributed by atoms with Crippen LogP contribution in [0.1, 0.15) is 49.7 Å². The Hall–Kier alpha value is -3.03. The van der Waals surface area contributed by atoms with Gasteiger partial charge >= 0.3 is 0 Å². The van der Waals surface area contributed by atoms with Crippen LogP contribution in [0, 0.1) is 0 Å². The number of thiophene rings is 1. The van der Waals surface area contributed by atoms with E-state index in [2.05, 4.69) is 54.2 Å². The molecule has 0 aliphatic carbocycles. The molecule has 3 aromatic heterocycles. The highest BCUT2D eigenvalue weighted by molar-refractivity contribution is 7.13. The smallest absolute Gasteiger partial charge is 0.272 e. The number of nitrogens with one attached hydrogen (secondary N) is 1. The van der Waals surface area contributed by atoms with Gasteiger partial charge in [0.15, 0.2) is 11.3 Å². The lowest BCUT2D eigenvalue weighted by atomic mass is 10.1. The number of fused-ring (bicyclic) bond motifs is 1. The van der Waals surface area contributed by atoms with Gasteiger partial charge in [0.25, 0.3) is 5.91 Å². The number of rotatable bonds is 11. The molecule has 0 bridgehead atoms. The Morgan fingerprint density at radius 3 is 2.62 bits per heavy atom. The summed E-state index contributed by atoms with van der Waals surface area (Å²) in [5.41, 5.74) is 3.29. The van der Waals surface area contributed by atoms with Crippen LogP contribution in [0.15, 0.2) is 60.1 Å². The van der Waals surface area contributed by atoms with Crippen molar-refractivity contribution in [2.45, 2.75) is 46.2 Å². The SMILES string of the molecule is CCN(CC)CCC[C@@H](C)NC(=O)c1nn(Cc2ccccc2)c2nccc(-c3cccs3)c12. The van der Waals surface area contributed by atoms with Gasteiger partial charge in [0.2, 0.25) is 0 Å². The second-order valence-electron chi connectivity index (χ2n) is 8.57. The summed E-state index contributed by atoms with van der Waals surface area (Å²) in [4.78, 5) is 21.6. The van der Waals surface area contributed by atoms with Gasteiger partial charge in [0.05, 0.1) is 11.9 Å². The van der Waals surface area contributed by atoms with Crippen molar-refractivity contribution in [3.8, 4) is 10.4 Å². The van der Waals surface area contributed by atoms with Gasteiger partial charge in [-0.1, -0.05) is 50.2 Å². The zero-order chi connectivity index (χ0) is 23.9. The largest absolute Gasteiger partial charge is 0.348 e. The molecule has 3 heterocycles. The predicted octanol–water partition coefficient (Wildman–Crippen LogP) is 5.45. The van der Waals surface area contributed by atoms with Gasteiger partial charge in [-0.05, 0) is 62.5 Å². The molecule has 0 saturated carbocycles. The molecule has 0 aliphatic heterocycles. The van der Waals surface area contributed by atoms with Crippen LogP contribution in [0.3, 0.4) is 0 Å². The van der Waals surface area contributed by atoms with E-state index in [0.29, 0.717) is 12.2 Å². The molecule has 178 valence electrons. The number of aromatic nitrogens is 3. The third-order valence-electron chi connectivity index (χ3n) is 6.19. The molecule has 4 rings (SSSR count). The zero-order valence-corrected chi connectivity index (χ0v) is 21.0. The molecule has 0 fully saturated rings. The maximum atomic E-state index is 13.4. The molecule has 0 unspecified atom stereocenters. The van der Waals surface area contributed by atoms with Crippen LogP contribution in [0.25, 0.3) is 21.5 Å². The first-order chi connectivity index (χ1) is 16.6. The maximum absolute atomic E-state index is 13.4. The summed E-state index contributed by atoms with van der Waals surface area (Å²) in [5.74, 6) is -0.141. The topological polar surface area (TPSA) is 63.1 Å². The summed E-state index contributed by atoms with van der Waals surface area (Å²) < 4.78 is 1.85. The normalized spacial score (nSPS) is 12.4. The van der Waals surface area contributed by atoms with E-state index in [9.17, 15) is 4.79 Å². The van der Waals surface area contributed by atoms with Crippen molar-refractivity contribution in [3.63, 3.8) is 0 Å². The van der Waals surface area contributed by atoms with Crippen LogP contribution in [-0.4, -0.2) is 51.2 Å². The number of carbonyl (C=O) groups excluding carboxylic acids is 1. The Kier molecular flexibility index (Phi) is 8.08. The third kappa shape index (κ3) is 5.54. The minimum atomic E-state index is -0.141. The molecular weight excluding hydrogens is 442 g/mol. The Balaban J connectivity index is 1.62. The average molecular weight is 476 g/mol. The minimum Gasteiger partial charge on any atom is -0.348 e. The minimum absolute atomic E-state index is 0.0687. The van der Waals surface area contributed by atoms with E-state index >= 15 is 0 Å². The van der Waals surface area contributed by atoms with Crippen LogP contribution >= 0.6 is 11.3 Å². The second-order valence-corrected chi connectivity index (χ2v) is 9.52. The lowest BCUT2D eigenvalue weighted by Gasteiger charge is -2.19. The molecule has 1 aromatic carbocycles. The van der Waals surface area contributed by atoms with E-state index in [1.165, 1.54) is 0 Å². The average Bonchev–Trinajstić information content (AvgIpc) is 3.51. The molecule has 6 nitrogen and oxygen atoms in total. The maximum Gasteiger partial charge on any atom is 0.272 e. The molecule has 1 atom stereocenters. The number of amides is 1. The van der Waals surface area contributed by atoms with Crippen LogP contribution in [-0.2, 0) is 6.54 Å². The number of pyridine rings is 1. The van der Waals surface area contributed by atoms with Gasteiger partial charge in [-0.15, -0.1) is 11.3 Å². The van der Waals surface area contributed by atoms with Gasteiger partial charge in [-0.2, -0.15) is 5.10 Å². The number of nitrogens with zero attached hydrogens (tertiary/aromatic N) is 4. The van der Waals surface area contributed by atoms with Crippen LogP contribution in [0.2, 0.25) is 0 Å². The molecule has 0 radical (unpaired) electrons. The van der Waals surface area contributed by atoms with Gasteiger partial charge in [0.1, 0.15) is 0 Å². The molecule has 0 aliphatic rings. The monoisotopic (exact) mass is 475 g/mol. The fourth-order valence-corrected chi connectivity index (χ4v) is 5.04. The van der Waals surface area contributed by atoms with E-state index < -0.39 is 0 Å². The van der Waals surface area contributed by atoms with Crippen molar-refractivity contribution in [1.29, 1.82) is 0 Å². The number of carbonyl (C=O) groups is 1. The Labute approximate surface area is 205 Å². The molecule has 0 saturated heterocycles. The van der Waals surface area contributed by atoms with Crippen molar-refractivity contribution < 1.29 is 4.79 Å². The number of benzene rings is 1. The van der Waals surface area contributed by atoms with Crippen molar-refractivity contribution in [3.05, 3.63) is 71.4 Å². The van der Waals surface area contributed by atoms with Crippen molar-refractivity contribution in [2.24, 2.45) is 0 Å². The van der Waals surface area contributed by atoms with Crippen molar-refractivity contribution in [1.82, 2.24) is 25.0 Å². The van der Waals surface area contributed by atoms with Crippen molar-refractivity contribution >= 4 is 28.3 Å². The lowest BCUT2D eigenvalue weighted by Crippen LogP contribution is -2.34. The van der Waals surface area contributed by atoms with E-state index in [1.54, 1.807) is 17.5 Å². The summed E-state index contributed by atoms with van der Waals surface area (Å²) in [7, 11) is 0. The summed E-state index contributed by atoms with van der Waals surface area (Å²) >= 11 is 1.66. The highest BCUT2D eigenvalue weighted by Crippen LogP contribution is 2.33. The Morgan fingerprint density at radius 2 is 1.91 bits per heavy atom. The first-order valence-electron chi connectivity index (χ1n) is 12.1. The highest BCUT2D eigenvalue weighted by atomic mass is 32.1. The Bertz CT molecular complexity index is 1200. The third-order valence-corrected chi connectivity index (χ3v) is 7.10. The highest BCUT2D eigenvalue weighted by Gasteiger charge is 2.23. The standard InChI is InChI=1S/C27H33N5OS/c1-4-31(5-2)17-9-11-20(3)29-27(33)25-24-22(23-14-10-18-34-23)15-16-28-26(24)32(30-25)19-21-12-7-6-8-13-21/h6-8,10,12-16,18,20H,4-5,9,11,17,19H2,1-3H3,(H,29,33)/t20-/m1/s1. The van der Waals surface area contributed by atoms with E-state index in [0.717, 1.165) is 59.5 Å². The lowest BCUT2D eigenvalue weighted by molar-refractivity contribution is 0.0933. The molecular formula is C27H33N5OS. The zero-order valence-electron chi connectivity index (χ0n) is 20.2. The Morgan fingerprint density at radius 1 is 1.12 bits per heavy atom. The predicted molar refractivity (Wildman–Crippen MR) is 140 cm³/mol. The molecule has 34 heavy (non-hydrogen) atoms. The fraction of sp³-hybridized carbons (Fsp3) is 0.370. The van der Waals surface area contributed by atoms with Gasteiger partial charge < -0.3 is 10.2 Å². The van der Waals surface area contributed by atoms with Crippen molar-refractivity contribution in [2.75, 3.05) is 19.6 Å². The van der Waals surface area contributed by atoms with Gasteiger partial charge in [-0.3, -0.25) is 4.79 Å². The second kappa shape index (κ2) is 11.4. The fourth-order valence-electron chi connectivity index (χ4n) is 4.29. The summed E-state index contributed by atoms with van der Waals surface area (Å²) in [6.07, 6.45) is 3.79. The molecule has 7 heteroatoms. The van der Waals surface area contributed by atoms with E-state index in [1.807, 2.05) is 40.4 Å². The number of hydrogen-bond donors (Lipinski definition) is 1. The molecule has 1 N–H and O–H groups in total. The summed E-state index contributed by atoms with van der Waals surface area (Å²) in [6.45, 7) is 10.2. The van der Waals surface area contributed by atoms with E-state index in [-0.39, 0.29) is 11.9 Å². The first kappa shape index (κ1) is 24.1.